The predicted octanol–water partition coefficient (Wildman–Crippen LogP) is 1.64. The highest BCUT2D eigenvalue weighted by Crippen LogP contribution is 2.20. The zero-order chi connectivity index (χ0) is 11.4. The number of pyridine rings is 1. The van der Waals surface area contributed by atoms with E-state index in [0.29, 0.717) is 5.56 Å². The highest BCUT2D eigenvalue weighted by Gasteiger charge is 2.21. The third kappa shape index (κ3) is 2.50. The van der Waals surface area contributed by atoms with Crippen LogP contribution < -0.4 is 11.1 Å². The monoisotopic (exact) mass is 216 g/mol. The Hall–Kier alpha value is -1.60. The van der Waals surface area contributed by atoms with Crippen molar-refractivity contribution < 1.29 is 0 Å². The van der Waals surface area contributed by atoms with Gasteiger partial charge in [-0.1, -0.05) is 12.8 Å². The summed E-state index contributed by atoms with van der Waals surface area (Å²) in [6.45, 7) is 0. The van der Waals surface area contributed by atoms with Crippen molar-refractivity contribution in [2.75, 3.05) is 5.32 Å². The third-order valence-electron chi connectivity index (χ3n) is 3.04. The molecule has 0 saturated heterocycles. The average Bonchev–Trinajstić information content (AvgIpc) is 2.32. The van der Waals surface area contributed by atoms with E-state index in [-0.39, 0.29) is 12.1 Å². The van der Waals surface area contributed by atoms with Gasteiger partial charge in [-0.3, -0.25) is 0 Å². The van der Waals surface area contributed by atoms with Crippen molar-refractivity contribution in [1.82, 2.24) is 4.98 Å². The Balaban J connectivity index is 2.05. The summed E-state index contributed by atoms with van der Waals surface area (Å²) in [5, 5.41) is 12.1. The summed E-state index contributed by atoms with van der Waals surface area (Å²) in [4.78, 5) is 4.20. The molecule has 1 aromatic heterocycles. The van der Waals surface area contributed by atoms with Gasteiger partial charge in [-0.05, 0) is 25.0 Å². The van der Waals surface area contributed by atoms with Gasteiger partial charge in [-0.25, -0.2) is 4.98 Å². The van der Waals surface area contributed by atoms with E-state index in [0.717, 1.165) is 18.7 Å². The molecule has 1 aliphatic rings. The first-order valence-corrected chi connectivity index (χ1v) is 5.68. The number of anilines is 1. The number of hydrogen-bond donors (Lipinski definition) is 2. The van der Waals surface area contributed by atoms with E-state index < -0.39 is 0 Å². The molecule has 84 valence electrons. The number of nitrogens with zero attached hydrogens (tertiary/aromatic N) is 2. The SMILES string of the molecule is N#Cc1ccnc(N[C@H]2CCCC[C@H]2N)c1. The third-order valence-corrected chi connectivity index (χ3v) is 3.04. The van der Waals surface area contributed by atoms with Gasteiger partial charge >= 0.3 is 0 Å². The summed E-state index contributed by atoms with van der Waals surface area (Å²) in [5.41, 5.74) is 6.67. The van der Waals surface area contributed by atoms with Crippen LogP contribution in [0.3, 0.4) is 0 Å². The molecule has 1 aliphatic carbocycles. The van der Waals surface area contributed by atoms with Gasteiger partial charge in [0, 0.05) is 18.3 Å². The molecule has 0 unspecified atom stereocenters. The van der Waals surface area contributed by atoms with Crippen molar-refractivity contribution in [3.63, 3.8) is 0 Å². The van der Waals surface area contributed by atoms with Gasteiger partial charge in [-0.2, -0.15) is 5.26 Å². The second kappa shape index (κ2) is 4.95. The zero-order valence-corrected chi connectivity index (χ0v) is 9.19. The molecule has 1 fully saturated rings. The van der Waals surface area contributed by atoms with Crippen molar-refractivity contribution in [2.24, 2.45) is 5.73 Å². The van der Waals surface area contributed by atoms with Gasteiger partial charge in [0.2, 0.25) is 0 Å². The van der Waals surface area contributed by atoms with Crippen molar-refractivity contribution in [3.05, 3.63) is 23.9 Å². The molecule has 2 atom stereocenters. The first-order valence-electron chi connectivity index (χ1n) is 5.68. The molecule has 1 saturated carbocycles. The first kappa shape index (κ1) is 10.9. The molecule has 0 aliphatic heterocycles. The lowest BCUT2D eigenvalue weighted by atomic mass is 9.91. The number of nitriles is 1. The Morgan fingerprint density at radius 3 is 3.00 bits per heavy atom. The highest BCUT2D eigenvalue weighted by molar-refractivity contribution is 5.43. The van der Waals surface area contributed by atoms with E-state index in [2.05, 4.69) is 16.4 Å². The summed E-state index contributed by atoms with van der Waals surface area (Å²) >= 11 is 0. The molecule has 0 bridgehead atoms. The second-order valence-electron chi connectivity index (χ2n) is 4.24. The lowest BCUT2D eigenvalue weighted by Crippen LogP contribution is -2.42. The summed E-state index contributed by atoms with van der Waals surface area (Å²) in [7, 11) is 0. The minimum absolute atomic E-state index is 0.196. The number of aromatic nitrogens is 1. The van der Waals surface area contributed by atoms with E-state index in [9.17, 15) is 0 Å². The molecular formula is C12H16N4. The molecule has 1 aromatic rings. The van der Waals surface area contributed by atoms with E-state index >= 15 is 0 Å². The molecule has 0 spiro atoms. The number of hydrogen-bond acceptors (Lipinski definition) is 4. The minimum Gasteiger partial charge on any atom is -0.366 e. The first-order chi connectivity index (χ1) is 7.79. The highest BCUT2D eigenvalue weighted by atomic mass is 15.0. The van der Waals surface area contributed by atoms with Crippen LogP contribution in [0.5, 0.6) is 0 Å². The molecule has 16 heavy (non-hydrogen) atoms. The lowest BCUT2D eigenvalue weighted by molar-refractivity contribution is 0.403. The van der Waals surface area contributed by atoms with Crippen LogP contribution in [0.1, 0.15) is 31.2 Å². The Bertz CT molecular complexity index is 396. The fourth-order valence-electron chi connectivity index (χ4n) is 2.11. The van der Waals surface area contributed by atoms with Gasteiger partial charge in [0.25, 0.3) is 0 Å². The molecule has 0 aromatic carbocycles. The molecule has 2 rings (SSSR count). The molecule has 0 amide bonds. The Morgan fingerprint density at radius 2 is 2.25 bits per heavy atom. The van der Waals surface area contributed by atoms with Crippen LogP contribution in [0.15, 0.2) is 18.3 Å². The van der Waals surface area contributed by atoms with Crippen LogP contribution in [-0.4, -0.2) is 17.1 Å². The summed E-state index contributed by atoms with van der Waals surface area (Å²) in [6.07, 6.45) is 6.22. The van der Waals surface area contributed by atoms with Crippen LogP contribution in [0, 0.1) is 11.3 Å². The maximum absolute atomic E-state index is 8.79. The summed E-state index contributed by atoms with van der Waals surface area (Å²) in [6, 6.07) is 6.05. The molecule has 4 nitrogen and oxygen atoms in total. The van der Waals surface area contributed by atoms with Crippen LogP contribution in [0.25, 0.3) is 0 Å². The van der Waals surface area contributed by atoms with Gasteiger partial charge < -0.3 is 11.1 Å². The van der Waals surface area contributed by atoms with Gasteiger partial charge in [0.15, 0.2) is 0 Å². The van der Waals surface area contributed by atoms with Crippen molar-refractivity contribution >= 4 is 5.82 Å². The molecular weight excluding hydrogens is 200 g/mol. The zero-order valence-electron chi connectivity index (χ0n) is 9.19. The number of rotatable bonds is 2. The normalized spacial score (nSPS) is 24.8. The van der Waals surface area contributed by atoms with Crippen molar-refractivity contribution in [3.8, 4) is 6.07 Å². The van der Waals surface area contributed by atoms with Gasteiger partial charge in [0.05, 0.1) is 11.6 Å². The molecule has 0 radical (unpaired) electrons. The molecule has 3 N–H and O–H groups in total. The second-order valence-corrected chi connectivity index (χ2v) is 4.24. The topological polar surface area (TPSA) is 74.7 Å². The standard InChI is InChI=1S/C12H16N4/c13-8-9-5-6-15-12(7-9)16-11-4-2-1-3-10(11)14/h5-7,10-11H,1-4,14H2,(H,15,16)/t10-,11+/m1/s1. The maximum Gasteiger partial charge on any atom is 0.127 e. The van der Waals surface area contributed by atoms with Crippen LogP contribution >= 0.6 is 0 Å². The van der Waals surface area contributed by atoms with Crippen molar-refractivity contribution in [2.45, 2.75) is 37.8 Å². The van der Waals surface area contributed by atoms with E-state index in [1.54, 1.807) is 18.3 Å². The minimum atomic E-state index is 0.196. The summed E-state index contributed by atoms with van der Waals surface area (Å²) in [5.74, 6) is 0.751. The van der Waals surface area contributed by atoms with Crippen LogP contribution in [-0.2, 0) is 0 Å². The van der Waals surface area contributed by atoms with E-state index in [1.807, 2.05) is 0 Å². The Kier molecular flexibility index (Phi) is 3.37. The number of nitrogens with two attached hydrogens (primary N) is 1. The fourth-order valence-corrected chi connectivity index (χ4v) is 2.11. The smallest absolute Gasteiger partial charge is 0.127 e. The summed E-state index contributed by atoms with van der Waals surface area (Å²) < 4.78 is 0. The Morgan fingerprint density at radius 1 is 1.44 bits per heavy atom. The fraction of sp³-hybridized carbons (Fsp3) is 0.500. The largest absolute Gasteiger partial charge is 0.366 e. The lowest BCUT2D eigenvalue weighted by Gasteiger charge is -2.29. The van der Waals surface area contributed by atoms with Gasteiger partial charge in [-0.15, -0.1) is 0 Å². The van der Waals surface area contributed by atoms with Gasteiger partial charge in [0.1, 0.15) is 5.82 Å². The van der Waals surface area contributed by atoms with E-state index in [4.69, 9.17) is 11.0 Å². The predicted molar refractivity (Wildman–Crippen MR) is 62.8 cm³/mol. The Labute approximate surface area is 95.5 Å². The molecule has 1 heterocycles. The average molecular weight is 216 g/mol. The maximum atomic E-state index is 8.79. The van der Waals surface area contributed by atoms with Crippen molar-refractivity contribution in [1.29, 1.82) is 5.26 Å². The quantitative estimate of drug-likeness (QED) is 0.788. The van der Waals surface area contributed by atoms with Crippen LogP contribution in [0.2, 0.25) is 0 Å². The van der Waals surface area contributed by atoms with E-state index in [1.165, 1.54) is 12.8 Å². The number of nitrogens with one attached hydrogen (secondary N) is 1. The molecule has 4 heteroatoms. The van der Waals surface area contributed by atoms with Crippen LogP contribution in [0.4, 0.5) is 5.82 Å².